The summed E-state index contributed by atoms with van der Waals surface area (Å²) in [5, 5.41) is 11.6. The number of methoxy groups -OCH3 is 2. The van der Waals surface area contributed by atoms with E-state index >= 15 is 0 Å². The highest BCUT2D eigenvalue weighted by atomic mass is 32.2. The van der Waals surface area contributed by atoms with Crippen LogP contribution in [0.3, 0.4) is 0 Å². The molecule has 1 amide bonds. The molecule has 27 heavy (non-hydrogen) atoms. The van der Waals surface area contributed by atoms with E-state index in [0.29, 0.717) is 30.4 Å². The largest absolute Gasteiger partial charge is 0.493 e. The maximum atomic E-state index is 12.1. The number of amides is 1. The fourth-order valence-electron chi connectivity index (χ4n) is 2.16. The molecule has 0 bridgehead atoms. The Bertz CT molecular complexity index is 881. The highest BCUT2D eigenvalue weighted by Gasteiger charge is 2.12. The number of benzene rings is 1. The lowest BCUT2D eigenvalue weighted by Crippen LogP contribution is -2.15. The van der Waals surface area contributed by atoms with Crippen molar-refractivity contribution in [3.05, 3.63) is 30.6 Å². The third-order valence-electron chi connectivity index (χ3n) is 3.50. The summed E-state index contributed by atoms with van der Waals surface area (Å²) < 4.78 is 39.5. The zero-order valence-electron chi connectivity index (χ0n) is 15.0. The molecule has 0 unspecified atom stereocenters. The quantitative estimate of drug-likeness (QED) is 0.559. The van der Waals surface area contributed by atoms with Gasteiger partial charge in [0.15, 0.2) is 11.5 Å². The molecule has 0 aliphatic heterocycles. The first-order chi connectivity index (χ1) is 12.8. The molecule has 0 radical (unpaired) electrons. The summed E-state index contributed by atoms with van der Waals surface area (Å²) >= 11 is 0. The van der Waals surface area contributed by atoms with Gasteiger partial charge in [-0.05, 0) is 12.1 Å². The zero-order chi connectivity index (χ0) is 19.9. The van der Waals surface area contributed by atoms with Crippen LogP contribution in [0.2, 0.25) is 0 Å². The molecule has 0 atom stereocenters. The Labute approximate surface area is 157 Å². The maximum Gasteiger partial charge on any atom is 0.241 e. The highest BCUT2D eigenvalue weighted by Crippen LogP contribution is 2.30. The Morgan fingerprint density at radius 1 is 1.26 bits per heavy atom. The molecule has 1 heterocycles. The Kier molecular flexibility index (Phi) is 7.16. The number of hydrogen-bond donors (Lipinski definition) is 2. The van der Waals surface area contributed by atoms with Crippen LogP contribution >= 0.6 is 0 Å². The molecule has 0 fully saturated rings. The fraction of sp³-hybridized carbons (Fsp3) is 0.375. The molecule has 0 saturated carbocycles. The number of nitrogens with zero attached hydrogens (tertiary/aromatic N) is 2. The molecule has 0 spiro atoms. The van der Waals surface area contributed by atoms with E-state index in [4.69, 9.17) is 19.3 Å². The third kappa shape index (κ3) is 6.24. The summed E-state index contributed by atoms with van der Waals surface area (Å²) in [7, 11) is -0.712. The molecule has 2 aromatic rings. The van der Waals surface area contributed by atoms with E-state index in [1.165, 1.54) is 18.0 Å². The van der Waals surface area contributed by atoms with Crippen LogP contribution in [0.25, 0.3) is 0 Å². The van der Waals surface area contributed by atoms with Gasteiger partial charge in [0.1, 0.15) is 11.5 Å². The second kappa shape index (κ2) is 9.35. The van der Waals surface area contributed by atoms with Gasteiger partial charge < -0.3 is 19.5 Å². The number of anilines is 1. The summed E-state index contributed by atoms with van der Waals surface area (Å²) in [6, 6.07) is 5.02. The molecule has 0 aliphatic carbocycles. The number of rotatable bonds is 10. The Hall–Kier alpha value is -2.63. The monoisotopic (exact) mass is 398 g/mol. The van der Waals surface area contributed by atoms with Crippen LogP contribution in [0.5, 0.6) is 11.5 Å². The first-order valence-electron chi connectivity index (χ1n) is 7.98. The van der Waals surface area contributed by atoms with Gasteiger partial charge in [-0.1, -0.05) is 0 Å². The van der Waals surface area contributed by atoms with Crippen molar-refractivity contribution in [2.75, 3.05) is 32.8 Å². The van der Waals surface area contributed by atoms with Crippen molar-refractivity contribution in [2.45, 2.75) is 17.9 Å². The number of carbonyl (C=O) groups is 1. The van der Waals surface area contributed by atoms with Crippen LogP contribution in [-0.2, 0) is 26.1 Å². The van der Waals surface area contributed by atoms with E-state index in [1.807, 2.05) is 0 Å². The van der Waals surface area contributed by atoms with Gasteiger partial charge in [-0.15, -0.1) is 0 Å². The predicted molar refractivity (Wildman–Crippen MR) is 97.2 cm³/mol. The average molecular weight is 398 g/mol. The van der Waals surface area contributed by atoms with E-state index in [2.05, 4.69) is 10.4 Å². The van der Waals surface area contributed by atoms with Gasteiger partial charge in [-0.25, -0.2) is 13.6 Å². The normalized spacial score (nSPS) is 11.2. The molecule has 10 nitrogen and oxygen atoms in total. The first kappa shape index (κ1) is 20.7. The van der Waals surface area contributed by atoms with Crippen molar-refractivity contribution in [3.63, 3.8) is 0 Å². The average Bonchev–Trinajstić information content (AvgIpc) is 3.10. The summed E-state index contributed by atoms with van der Waals surface area (Å²) in [5.41, 5.74) is 0.541. The lowest BCUT2D eigenvalue weighted by molar-refractivity contribution is -0.116. The van der Waals surface area contributed by atoms with Crippen LogP contribution in [-0.4, -0.2) is 51.5 Å². The number of aryl methyl sites for hydroxylation is 1. The summed E-state index contributed by atoms with van der Waals surface area (Å²) in [6.07, 6.45) is 2.51. The predicted octanol–water partition coefficient (Wildman–Crippen LogP) is 0.593. The highest BCUT2D eigenvalue weighted by molar-refractivity contribution is 7.89. The SMILES string of the molecule is COCCOc1cc(NC(=O)CCn2cc(S(N)(=O)=O)cn2)ccc1OC. The van der Waals surface area contributed by atoms with Gasteiger partial charge in [0.05, 0.1) is 19.9 Å². The molecule has 0 aliphatic rings. The Balaban J connectivity index is 1.94. The van der Waals surface area contributed by atoms with Crippen LogP contribution in [0, 0.1) is 0 Å². The minimum Gasteiger partial charge on any atom is -0.493 e. The van der Waals surface area contributed by atoms with Crippen LogP contribution < -0.4 is 19.9 Å². The van der Waals surface area contributed by atoms with E-state index in [9.17, 15) is 13.2 Å². The number of nitrogens with two attached hydrogens (primary N) is 1. The summed E-state index contributed by atoms with van der Waals surface area (Å²) in [4.78, 5) is 12.0. The van der Waals surface area contributed by atoms with Crippen molar-refractivity contribution in [3.8, 4) is 11.5 Å². The van der Waals surface area contributed by atoms with E-state index in [1.54, 1.807) is 25.3 Å². The minimum atomic E-state index is -3.81. The topological polar surface area (TPSA) is 135 Å². The zero-order valence-corrected chi connectivity index (χ0v) is 15.9. The van der Waals surface area contributed by atoms with Crippen molar-refractivity contribution in [2.24, 2.45) is 5.14 Å². The Morgan fingerprint density at radius 2 is 2.04 bits per heavy atom. The number of carbonyl (C=O) groups excluding carboxylic acids is 1. The minimum absolute atomic E-state index is 0.0949. The van der Waals surface area contributed by atoms with Gasteiger partial charge in [0.2, 0.25) is 15.9 Å². The molecule has 3 N–H and O–H groups in total. The number of hydrogen-bond acceptors (Lipinski definition) is 7. The second-order valence-electron chi connectivity index (χ2n) is 5.49. The molecular formula is C16H22N4O6S. The van der Waals surface area contributed by atoms with Crippen molar-refractivity contribution in [1.82, 2.24) is 9.78 Å². The van der Waals surface area contributed by atoms with Crippen molar-refractivity contribution >= 4 is 21.6 Å². The molecule has 2 rings (SSSR count). The standard InChI is InChI=1S/C16H22N4O6S/c1-24-7-8-26-15-9-12(3-4-14(15)25-2)19-16(21)5-6-20-11-13(10-18-20)27(17,22)23/h3-4,9-11H,5-8H2,1-2H3,(H,19,21)(H2,17,22,23). The lowest BCUT2D eigenvalue weighted by atomic mass is 10.2. The third-order valence-corrected chi connectivity index (χ3v) is 4.37. The molecule has 148 valence electrons. The van der Waals surface area contributed by atoms with Crippen LogP contribution in [0.1, 0.15) is 6.42 Å². The van der Waals surface area contributed by atoms with E-state index in [0.717, 1.165) is 6.20 Å². The summed E-state index contributed by atoms with van der Waals surface area (Å²) in [5.74, 6) is 0.754. The second-order valence-corrected chi connectivity index (χ2v) is 7.05. The molecule has 1 aromatic carbocycles. The molecular weight excluding hydrogens is 376 g/mol. The van der Waals surface area contributed by atoms with Crippen LogP contribution in [0.4, 0.5) is 5.69 Å². The van der Waals surface area contributed by atoms with Gasteiger partial charge in [-0.3, -0.25) is 9.48 Å². The number of primary sulfonamides is 1. The molecule has 1 aromatic heterocycles. The number of nitrogens with one attached hydrogen (secondary N) is 1. The number of sulfonamides is 1. The lowest BCUT2D eigenvalue weighted by Gasteiger charge is -2.13. The smallest absolute Gasteiger partial charge is 0.241 e. The fourth-order valence-corrected chi connectivity index (χ4v) is 2.62. The van der Waals surface area contributed by atoms with Crippen molar-refractivity contribution < 1.29 is 27.4 Å². The number of aromatic nitrogens is 2. The maximum absolute atomic E-state index is 12.1. The van der Waals surface area contributed by atoms with Gasteiger partial charge in [0.25, 0.3) is 0 Å². The van der Waals surface area contributed by atoms with Gasteiger partial charge in [-0.2, -0.15) is 5.10 Å². The van der Waals surface area contributed by atoms with E-state index in [-0.39, 0.29) is 23.8 Å². The van der Waals surface area contributed by atoms with E-state index < -0.39 is 10.0 Å². The first-order valence-corrected chi connectivity index (χ1v) is 9.53. The van der Waals surface area contributed by atoms with Gasteiger partial charge >= 0.3 is 0 Å². The molecule has 0 saturated heterocycles. The van der Waals surface area contributed by atoms with Gasteiger partial charge in [0, 0.05) is 38.0 Å². The number of ether oxygens (including phenoxy) is 3. The Morgan fingerprint density at radius 3 is 2.67 bits per heavy atom. The van der Waals surface area contributed by atoms with Crippen molar-refractivity contribution in [1.29, 1.82) is 0 Å². The summed E-state index contributed by atoms with van der Waals surface area (Å²) in [6.45, 7) is 0.967. The molecule has 11 heteroatoms. The van der Waals surface area contributed by atoms with Crippen LogP contribution in [0.15, 0.2) is 35.5 Å².